The summed E-state index contributed by atoms with van der Waals surface area (Å²) in [5, 5.41) is 8.90. The van der Waals surface area contributed by atoms with Gasteiger partial charge in [0.25, 0.3) is 5.91 Å². The van der Waals surface area contributed by atoms with Crippen LogP contribution in [0, 0.1) is 6.92 Å². The van der Waals surface area contributed by atoms with Gasteiger partial charge in [-0.05, 0) is 49.2 Å². The van der Waals surface area contributed by atoms with Crippen LogP contribution >= 0.6 is 0 Å². The fourth-order valence-electron chi connectivity index (χ4n) is 4.48. The molecule has 0 aliphatic carbocycles. The summed E-state index contributed by atoms with van der Waals surface area (Å²) in [6.45, 7) is 6.02. The molecule has 3 aromatic carbocycles. The van der Waals surface area contributed by atoms with Gasteiger partial charge >= 0.3 is 0 Å². The lowest BCUT2D eigenvalue weighted by Gasteiger charge is -2.37. The minimum absolute atomic E-state index is 0.0381. The number of carbonyl (C=O) groups excluding carboxylic acids is 1. The number of fused-ring (bicyclic) bond motifs is 3. The number of benzene rings is 3. The molecule has 0 spiro atoms. The zero-order chi connectivity index (χ0) is 21.5. The van der Waals surface area contributed by atoms with Crippen molar-refractivity contribution in [2.75, 3.05) is 25.0 Å². The van der Waals surface area contributed by atoms with Gasteiger partial charge in [0.15, 0.2) is 0 Å². The number of aromatic amines is 1. The fourth-order valence-corrected chi connectivity index (χ4v) is 4.48. The van der Waals surface area contributed by atoms with Gasteiger partial charge in [0, 0.05) is 53.2 Å². The number of hydrogen-bond acceptors (Lipinski definition) is 3. The number of carbonyl (C=O) groups is 1. The van der Waals surface area contributed by atoms with E-state index in [1.54, 1.807) is 0 Å². The van der Waals surface area contributed by atoms with E-state index in [-0.39, 0.29) is 11.9 Å². The first-order chi connectivity index (χ1) is 15.0. The number of nitrogens with zero attached hydrogens (tertiary/aromatic N) is 1. The van der Waals surface area contributed by atoms with E-state index in [2.05, 4.69) is 70.9 Å². The van der Waals surface area contributed by atoms with Gasteiger partial charge in [-0.3, -0.25) is 4.79 Å². The summed E-state index contributed by atoms with van der Waals surface area (Å²) in [4.78, 5) is 19.0. The van der Waals surface area contributed by atoms with Gasteiger partial charge in [-0.1, -0.05) is 36.4 Å². The van der Waals surface area contributed by atoms with Gasteiger partial charge in [0.1, 0.15) is 0 Å². The third-order valence-electron chi connectivity index (χ3n) is 6.56. The highest BCUT2D eigenvalue weighted by atomic mass is 16.1. The Morgan fingerprint density at radius 2 is 1.84 bits per heavy atom. The van der Waals surface area contributed by atoms with E-state index >= 15 is 0 Å². The lowest BCUT2D eigenvalue weighted by molar-refractivity contribution is 0.0939. The molecule has 1 saturated heterocycles. The molecule has 3 N–H and O–H groups in total. The summed E-state index contributed by atoms with van der Waals surface area (Å²) in [5.74, 6) is -0.0381. The van der Waals surface area contributed by atoms with Crippen molar-refractivity contribution in [2.24, 2.45) is 0 Å². The topological polar surface area (TPSA) is 60.2 Å². The van der Waals surface area contributed by atoms with Crippen LogP contribution in [0.15, 0.2) is 60.7 Å². The fraction of sp³-hybridized carbons (Fsp3) is 0.269. The Bertz CT molecular complexity index is 1270. The van der Waals surface area contributed by atoms with Crippen molar-refractivity contribution >= 4 is 33.4 Å². The molecule has 1 fully saturated rings. The molecule has 0 radical (unpaired) electrons. The Balaban J connectivity index is 1.45. The van der Waals surface area contributed by atoms with E-state index < -0.39 is 0 Å². The first kappa shape index (κ1) is 19.6. The van der Waals surface area contributed by atoms with Crippen molar-refractivity contribution in [3.8, 4) is 0 Å². The van der Waals surface area contributed by atoms with Gasteiger partial charge < -0.3 is 20.5 Å². The average Bonchev–Trinajstić information content (AvgIpc) is 3.11. The zero-order valence-corrected chi connectivity index (χ0v) is 18.2. The van der Waals surface area contributed by atoms with Crippen LogP contribution in [0.5, 0.6) is 0 Å². The number of likely N-dealkylation sites (N-methyl/N-ethyl adjacent to an activating group) is 1. The maximum atomic E-state index is 13.3. The first-order valence-corrected chi connectivity index (χ1v) is 10.9. The summed E-state index contributed by atoms with van der Waals surface area (Å²) < 4.78 is 0. The van der Waals surface area contributed by atoms with Crippen molar-refractivity contribution < 1.29 is 4.79 Å². The summed E-state index contributed by atoms with van der Waals surface area (Å²) in [5.41, 5.74) is 6.12. The Hall–Kier alpha value is -3.31. The van der Waals surface area contributed by atoms with E-state index in [0.29, 0.717) is 6.04 Å². The molecule has 0 saturated carbocycles. The molecule has 5 nitrogen and oxygen atoms in total. The molecule has 1 amide bonds. The van der Waals surface area contributed by atoms with E-state index in [9.17, 15) is 4.79 Å². The maximum Gasteiger partial charge on any atom is 0.252 e. The predicted octanol–water partition coefficient (Wildman–Crippen LogP) is 4.53. The molecule has 31 heavy (non-hydrogen) atoms. The van der Waals surface area contributed by atoms with Crippen molar-refractivity contribution in [1.82, 2.24) is 15.6 Å². The number of nitrogens with one attached hydrogen (secondary N) is 3. The molecule has 2 heterocycles. The third kappa shape index (κ3) is 3.45. The molecule has 158 valence electrons. The number of H-pyrrole nitrogens is 1. The van der Waals surface area contributed by atoms with Crippen LogP contribution in [-0.4, -0.2) is 37.1 Å². The molecule has 0 bridgehead atoms. The molecule has 5 heteroatoms. The maximum absolute atomic E-state index is 13.3. The van der Waals surface area contributed by atoms with Crippen LogP contribution in [0.3, 0.4) is 0 Å². The summed E-state index contributed by atoms with van der Waals surface area (Å²) in [6.07, 6.45) is 0. The van der Waals surface area contributed by atoms with E-state index in [4.69, 9.17) is 0 Å². The SMILES string of the molecule is Cc1ccc(N(C)C2CNC2)cc1C(=O)NC(C)c1cccc2[nH]c3ccccc3c12. The summed E-state index contributed by atoms with van der Waals surface area (Å²) in [7, 11) is 2.10. The summed E-state index contributed by atoms with van der Waals surface area (Å²) >= 11 is 0. The standard InChI is InChI=1S/C26H28N4O/c1-16-11-12-18(30(3)19-14-27-15-19)13-22(16)26(31)28-17(2)20-8-6-10-24-25(20)21-7-4-5-9-23(21)29-24/h4-13,17,19,27,29H,14-15H2,1-3H3,(H,28,31). The Morgan fingerprint density at radius 1 is 1.06 bits per heavy atom. The normalized spacial score (nSPS) is 15.1. The smallest absolute Gasteiger partial charge is 0.252 e. The summed E-state index contributed by atoms with van der Waals surface area (Å²) in [6, 6.07) is 21.1. The van der Waals surface area contributed by atoms with Crippen LogP contribution < -0.4 is 15.5 Å². The van der Waals surface area contributed by atoms with Gasteiger partial charge in [0.05, 0.1) is 12.1 Å². The van der Waals surface area contributed by atoms with Gasteiger partial charge in [-0.15, -0.1) is 0 Å². The highest BCUT2D eigenvalue weighted by Crippen LogP contribution is 2.32. The van der Waals surface area contributed by atoms with Gasteiger partial charge in [0.2, 0.25) is 0 Å². The van der Waals surface area contributed by atoms with Crippen molar-refractivity contribution in [1.29, 1.82) is 0 Å². The molecular formula is C26H28N4O. The number of para-hydroxylation sites is 1. The lowest BCUT2D eigenvalue weighted by atomic mass is 10.00. The van der Waals surface area contributed by atoms with Crippen LogP contribution in [0.1, 0.15) is 34.5 Å². The molecule has 5 rings (SSSR count). The second-order valence-electron chi connectivity index (χ2n) is 8.56. The van der Waals surface area contributed by atoms with E-state index in [1.165, 1.54) is 10.8 Å². The van der Waals surface area contributed by atoms with Crippen LogP contribution in [-0.2, 0) is 0 Å². The van der Waals surface area contributed by atoms with Crippen LogP contribution in [0.25, 0.3) is 21.8 Å². The van der Waals surface area contributed by atoms with E-state index in [1.807, 2.05) is 31.2 Å². The monoisotopic (exact) mass is 412 g/mol. The molecule has 1 aliphatic rings. The number of rotatable bonds is 5. The van der Waals surface area contributed by atoms with Gasteiger partial charge in [-0.2, -0.15) is 0 Å². The lowest BCUT2D eigenvalue weighted by Crippen LogP contribution is -2.56. The zero-order valence-electron chi connectivity index (χ0n) is 18.2. The second kappa shape index (κ2) is 7.75. The molecule has 1 aromatic heterocycles. The Morgan fingerprint density at radius 3 is 2.61 bits per heavy atom. The highest BCUT2D eigenvalue weighted by Gasteiger charge is 2.23. The first-order valence-electron chi connectivity index (χ1n) is 10.9. The Kier molecular flexibility index (Phi) is 4.91. The second-order valence-corrected chi connectivity index (χ2v) is 8.56. The number of anilines is 1. The van der Waals surface area contributed by atoms with Crippen molar-refractivity contribution in [3.05, 3.63) is 77.4 Å². The van der Waals surface area contributed by atoms with Crippen molar-refractivity contribution in [3.63, 3.8) is 0 Å². The number of hydrogen-bond donors (Lipinski definition) is 3. The molecule has 1 unspecified atom stereocenters. The predicted molar refractivity (Wildman–Crippen MR) is 128 cm³/mol. The molecule has 4 aromatic rings. The minimum Gasteiger partial charge on any atom is -0.369 e. The minimum atomic E-state index is -0.118. The number of aromatic nitrogens is 1. The van der Waals surface area contributed by atoms with E-state index in [0.717, 1.165) is 46.5 Å². The molecule has 1 aliphatic heterocycles. The quantitative estimate of drug-likeness (QED) is 0.451. The molecular weight excluding hydrogens is 384 g/mol. The molecule has 1 atom stereocenters. The number of amides is 1. The Labute approximate surface area is 182 Å². The third-order valence-corrected chi connectivity index (χ3v) is 6.56. The van der Waals surface area contributed by atoms with Crippen LogP contribution in [0.2, 0.25) is 0 Å². The van der Waals surface area contributed by atoms with Crippen LogP contribution in [0.4, 0.5) is 5.69 Å². The number of aryl methyl sites for hydroxylation is 1. The average molecular weight is 413 g/mol. The highest BCUT2D eigenvalue weighted by molar-refractivity contribution is 6.09. The van der Waals surface area contributed by atoms with Crippen molar-refractivity contribution in [2.45, 2.75) is 25.9 Å². The largest absolute Gasteiger partial charge is 0.369 e. The van der Waals surface area contributed by atoms with Gasteiger partial charge in [-0.25, -0.2) is 0 Å².